The second-order valence-electron chi connectivity index (χ2n) is 10.1. The van der Waals surface area contributed by atoms with Gasteiger partial charge in [0.25, 0.3) is 6.01 Å². The average Bonchev–Trinajstić information content (AvgIpc) is 3.42. The van der Waals surface area contributed by atoms with Gasteiger partial charge in [-0.2, -0.15) is 4.98 Å². The Balaban J connectivity index is 1.21. The minimum Gasteiger partial charge on any atom is -0.486 e. The standard InChI is InChI=1S/C33H29Cl2N7O5/c1-20(43)39-28-13-9-21(16-37-28)10-14-29(44)38-17-30(45)40-25-12-11-24(34)23(31(25)35)19-47-27-8-5-7-26-32(27)41-33(46-2)42(26)18-22-6-3-4-15-36-22/h3-16H,17-19H2,1-2H3,(H,38,44)(H,40,45)(H,37,39,43)/b14-10+. The number of ether oxygens (including phenoxy) is 2. The van der Waals surface area contributed by atoms with Crippen molar-refractivity contribution in [2.75, 3.05) is 24.3 Å². The van der Waals surface area contributed by atoms with Crippen LogP contribution in [0.3, 0.4) is 0 Å². The first-order valence-electron chi connectivity index (χ1n) is 14.2. The molecular formula is C33H29Cl2N7O5. The van der Waals surface area contributed by atoms with E-state index in [1.807, 2.05) is 34.9 Å². The number of carbonyl (C=O) groups is 3. The molecule has 0 atom stereocenters. The number of amides is 3. The Morgan fingerprint density at radius 3 is 2.55 bits per heavy atom. The smallest absolute Gasteiger partial charge is 0.297 e. The molecule has 14 heteroatoms. The van der Waals surface area contributed by atoms with Crippen LogP contribution in [0.15, 0.2) is 79.1 Å². The number of anilines is 2. The Kier molecular flexibility index (Phi) is 10.7. The van der Waals surface area contributed by atoms with E-state index in [4.69, 9.17) is 32.7 Å². The fourth-order valence-electron chi connectivity index (χ4n) is 4.51. The topological polar surface area (TPSA) is 149 Å². The van der Waals surface area contributed by atoms with Crippen molar-refractivity contribution >= 4 is 69.5 Å². The summed E-state index contributed by atoms with van der Waals surface area (Å²) in [5.41, 5.74) is 3.60. The average molecular weight is 675 g/mol. The molecule has 0 spiro atoms. The molecule has 5 rings (SSSR count). The lowest BCUT2D eigenvalue weighted by Gasteiger charge is -2.14. The third kappa shape index (κ3) is 8.43. The van der Waals surface area contributed by atoms with Gasteiger partial charge >= 0.3 is 0 Å². The minimum absolute atomic E-state index is 0.0158. The summed E-state index contributed by atoms with van der Waals surface area (Å²) >= 11 is 13.1. The highest BCUT2D eigenvalue weighted by Crippen LogP contribution is 2.35. The number of halogens is 2. The van der Waals surface area contributed by atoms with Gasteiger partial charge in [0, 0.05) is 36.0 Å². The molecule has 3 aromatic heterocycles. The third-order valence-electron chi connectivity index (χ3n) is 6.71. The quantitative estimate of drug-likeness (QED) is 0.147. The Hall–Kier alpha value is -5.46. The number of hydrogen-bond donors (Lipinski definition) is 3. The van der Waals surface area contributed by atoms with Crippen LogP contribution >= 0.6 is 23.2 Å². The van der Waals surface area contributed by atoms with Gasteiger partial charge in [-0.05, 0) is 60.2 Å². The van der Waals surface area contributed by atoms with Gasteiger partial charge in [0.1, 0.15) is 23.7 Å². The number of rotatable bonds is 12. The van der Waals surface area contributed by atoms with Crippen LogP contribution in [0.4, 0.5) is 11.5 Å². The molecule has 240 valence electrons. The molecule has 3 amide bonds. The van der Waals surface area contributed by atoms with E-state index in [0.717, 1.165) is 11.2 Å². The van der Waals surface area contributed by atoms with Crippen LogP contribution in [-0.4, -0.2) is 50.9 Å². The summed E-state index contributed by atoms with van der Waals surface area (Å²) in [6.07, 6.45) is 6.03. The maximum atomic E-state index is 12.6. The molecule has 2 aromatic carbocycles. The first kappa shape index (κ1) is 32.9. The minimum atomic E-state index is -0.500. The summed E-state index contributed by atoms with van der Waals surface area (Å²) in [6, 6.07) is 18.1. The van der Waals surface area contributed by atoms with Crippen LogP contribution in [0.2, 0.25) is 10.0 Å². The number of methoxy groups -OCH3 is 1. The summed E-state index contributed by atoms with van der Waals surface area (Å²) in [7, 11) is 1.55. The molecule has 0 aliphatic carbocycles. The highest BCUT2D eigenvalue weighted by Gasteiger charge is 2.18. The van der Waals surface area contributed by atoms with E-state index in [2.05, 4.69) is 30.9 Å². The summed E-state index contributed by atoms with van der Waals surface area (Å²) in [5.74, 6) is -0.347. The number of para-hydroxylation sites is 1. The van der Waals surface area contributed by atoms with Crippen LogP contribution in [0.5, 0.6) is 11.8 Å². The number of fused-ring (bicyclic) bond motifs is 1. The number of benzene rings is 2. The van der Waals surface area contributed by atoms with Gasteiger partial charge in [-0.15, -0.1) is 0 Å². The van der Waals surface area contributed by atoms with Gasteiger partial charge < -0.3 is 25.4 Å². The zero-order valence-corrected chi connectivity index (χ0v) is 26.8. The number of nitrogens with one attached hydrogen (secondary N) is 3. The van der Waals surface area contributed by atoms with Gasteiger partial charge in [-0.3, -0.25) is 23.9 Å². The Bertz CT molecular complexity index is 1950. The SMILES string of the molecule is COc1nc2c(OCc3c(Cl)ccc(NC(=O)CNC(=O)/C=C/c4ccc(NC(C)=O)nc4)c3Cl)cccc2n1Cc1ccccn1. The van der Waals surface area contributed by atoms with Gasteiger partial charge in [0.15, 0.2) is 0 Å². The third-order valence-corrected chi connectivity index (χ3v) is 7.49. The molecule has 0 saturated carbocycles. The number of imidazole rings is 1. The van der Waals surface area contributed by atoms with Crippen LogP contribution in [0.1, 0.15) is 23.7 Å². The van der Waals surface area contributed by atoms with Crippen LogP contribution in [0, 0.1) is 0 Å². The molecule has 0 radical (unpaired) electrons. The molecule has 0 bridgehead atoms. The molecule has 3 heterocycles. The fraction of sp³-hybridized carbons (Fsp3) is 0.152. The lowest BCUT2D eigenvalue weighted by molar-refractivity contribution is -0.121. The maximum absolute atomic E-state index is 12.6. The lowest BCUT2D eigenvalue weighted by atomic mass is 10.2. The van der Waals surface area contributed by atoms with Crippen molar-refractivity contribution in [2.24, 2.45) is 0 Å². The Morgan fingerprint density at radius 2 is 1.83 bits per heavy atom. The number of aromatic nitrogens is 4. The normalized spacial score (nSPS) is 11.0. The molecule has 5 aromatic rings. The molecule has 0 aliphatic heterocycles. The second-order valence-corrected chi connectivity index (χ2v) is 10.8. The molecule has 3 N–H and O–H groups in total. The van der Waals surface area contributed by atoms with Crippen molar-refractivity contribution in [3.63, 3.8) is 0 Å². The summed E-state index contributed by atoms with van der Waals surface area (Å²) in [4.78, 5) is 49.1. The van der Waals surface area contributed by atoms with Crippen molar-refractivity contribution in [1.29, 1.82) is 0 Å². The zero-order chi connectivity index (χ0) is 33.3. The van der Waals surface area contributed by atoms with E-state index in [0.29, 0.717) is 51.5 Å². The zero-order valence-electron chi connectivity index (χ0n) is 25.3. The molecule has 0 aliphatic rings. The number of carbonyl (C=O) groups excluding carboxylic acids is 3. The van der Waals surface area contributed by atoms with E-state index < -0.39 is 11.8 Å². The fourth-order valence-corrected chi connectivity index (χ4v) is 5.03. The van der Waals surface area contributed by atoms with Gasteiger partial charge in [-0.25, -0.2) is 4.98 Å². The van der Waals surface area contributed by atoms with Crippen molar-refractivity contribution in [3.05, 3.63) is 106 Å². The monoisotopic (exact) mass is 673 g/mol. The molecule has 0 fully saturated rings. The molecule has 47 heavy (non-hydrogen) atoms. The second kappa shape index (κ2) is 15.2. The number of hydrogen-bond acceptors (Lipinski definition) is 8. The molecular weight excluding hydrogens is 645 g/mol. The molecule has 0 saturated heterocycles. The van der Waals surface area contributed by atoms with Gasteiger partial charge in [0.05, 0.1) is 42.1 Å². The summed E-state index contributed by atoms with van der Waals surface area (Å²) in [6.45, 7) is 1.51. The van der Waals surface area contributed by atoms with E-state index >= 15 is 0 Å². The van der Waals surface area contributed by atoms with Gasteiger partial charge in [-0.1, -0.05) is 35.3 Å². The van der Waals surface area contributed by atoms with Crippen molar-refractivity contribution in [3.8, 4) is 11.8 Å². The van der Waals surface area contributed by atoms with Crippen molar-refractivity contribution in [1.82, 2.24) is 24.8 Å². The predicted molar refractivity (Wildman–Crippen MR) is 180 cm³/mol. The van der Waals surface area contributed by atoms with Crippen LogP contribution in [-0.2, 0) is 27.5 Å². The Morgan fingerprint density at radius 1 is 0.979 bits per heavy atom. The Labute approximate surface area is 279 Å². The maximum Gasteiger partial charge on any atom is 0.297 e. The summed E-state index contributed by atoms with van der Waals surface area (Å²) < 4.78 is 13.6. The number of pyridine rings is 2. The van der Waals surface area contributed by atoms with E-state index in [1.54, 1.807) is 43.6 Å². The highest BCUT2D eigenvalue weighted by atomic mass is 35.5. The first-order valence-corrected chi connectivity index (χ1v) is 15.0. The first-order chi connectivity index (χ1) is 22.7. The van der Waals surface area contributed by atoms with Crippen LogP contribution < -0.4 is 25.4 Å². The van der Waals surface area contributed by atoms with Crippen LogP contribution in [0.25, 0.3) is 17.1 Å². The van der Waals surface area contributed by atoms with Crippen molar-refractivity contribution < 1.29 is 23.9 Å². The van der Waals surface area contributed by atoms with Crippen molar-refractivity contribution in [2.45, 2.75) is 20.1 Å². The highest BCUT2D eigenvalue weighted by molar-refractivity contribution is 6.38. The van der Waals surface area contributed by atoms with E-state index in [-0.39, 0.29) is 24.1 Å². The molecule has 12 nitrogen and oxygen atoms in total. The van der Waals surface area contributed by atoms with Gasteiger partial charge in [0.2, 0.25) is 17.7 Å². The predicted octanol–water partition coefficient (Wildman–Crippen LogP) is 5.50. The molecule has 0 unspecified atom stereocenters. The largest absolute Gasteiger partial charge is 0.486 e. The number of nitrogens with zero attached hydrogens (tertiary/aromatic N) is 4. The summed E-state index contributed by atoms with van der Waals surface area (Å²) in [5, 5.41) is 8.30. The van der Waals surface area contributed by atoms with E-state index in [9.17, 15) is 14.4 Å². The van der Waals surface area contributed by atoms with E-state index in [1.165, 1.54) is 25.3 Å². The lowest BCUT2D eigenvalue weighted by Crippen LogP contribution is -2.31.